The lowest BCUT2D eigenvalue weighted by Gasteiger charge is -2.24. The Bertz CT molecular complexity index is 1070. The van der Waals surface area contributed by atoms with Gasteiger partial charge in [0, 0.05) is 5.69 Å². The first-order chi connectivity index (χ1) is 13.9. The predicted molar refractivity (Wildman–Crippen MR) is 109 cm³/mol. The van der Waals surface area contributed by atoms with E-state index in [0.717, 1.165) is 4.31 Å². The van der Waals surface area contributed by atoms with E-state index in [9.17, 15) is 17.6 Å². The third-order valence-corrected chi connectivity index (χ3v) is 5.89. The first-order valence-corrected chi connectivity index (χ1v) is 10.1. The summed E-state index contributed by atoms with van der Waals surface area (Å²) < 4.78 is 45.6. The first-order valence-electron chi connectivity index (χ1n) is 8.67. The van der Waals surface area contributed by atoms with Crippen molar-refractivity contribution in [3.05, 3.63) is 84.7 Å². The predicted octanol–water partition coefficient (Wildman–Crippen LogP) is 3.67. The molecule has 0 aromatic heterocycles. The molecular weight excluding hydrogens is 395 g/mol. The van der Waals surface area contributed by atoms with Crippen LogP contribution in [-0.2, 0) is 14.8 Å². The number of hydrogen-bond donors (Lipinski definition) is 1. The number of ether oxygens (including phenoxy) is 1. The van der Waals surface area contributed by atoms with Crippen molar-refractivity contribution in [2.24, 2.45) is 0 Å². The molecule has 150 valence electrons. The summed E-state index contributed by atoms with van der Waals surface area (Å²) in [5, 5.41) is 2.58. The number of anilines is 2. The van der Waals surface area contributed by atoms with Gasteiger partial charge in [-0.2, -0.15) is 0 Å². The highest BCUT2D eigenvalue weighted by atomic mass is 32.2. The van der Waals surface area contributed by atoms with Crippen LogP contribution in [0.3, 0.4) is 0 Å². The van der Waals surface area contributed by atoms with E-state index >= 15 is 0 Å². The van der Waals surface area contributed by atoms with Gasteiger partial charge in [-0.05, 0) is 60.7 Å². The van der Waals surface area contributed by atoms with Crippen molar-refractivity contribution in [2.75, 3.05) is 23.3 Å². The average Bonchev–Trinajstić information content (AvgIpc) is 2.74. The van der Waals surface area contributed by atoms with E-state index in [1.165, 1.54) is 55.6 Å². The lowest BCUT2D eigenvalue weighted by atomic mass is 10.3. The van der Waals surface area contributed by atoms with Gasteiger partial charge in [-0.1, -0.05) is 18.2 Å². The number of carbonyl (C=O) groups is 1. The highest BCUT2D eigenvalue weighted by Crippen LogP contribution is 2.25. The Morgan fingerprint density at radius 3 is 2.17 bits per heavy atom. The van der Waals surface area contributed by atoms with Gasteiger partial charge in [0.05, 0.1) is 17.7 Å². The highest BCUT2D eigenvalue weighted by Gasteiger charge is 2.27. The number of benzene rings is 3. The normalized spacial score (nSPS) is 11.0. The van der Waals surface area contributed by atoms with Crippen LogP contribution in [0.1, 0.15) is 0 Å². The smallest absolute Gasteiger partial charge is 0.264 e. The van der Waals surface area contributed by atoms with Crippen LogP contribution in [0.5, 0.6) is 5.75 Å². The molecule has 0 saturated carbocycles. The minimum absolute atomic E-state index is 0.0248. The molecule has 0 aliphatic rings. The second kappa shape index (κ2) is 8.74. The Hall–Kier alpha value is -3.39. The molecule has 0 fully saturated rings. The minimum atomic E-state index is -4.02. The van der Waals surface area contributed by atoms with E-state index in [1.807, 2.05) is 0 Å². The van der Waals surface area contributed by atoms with Gasteiger partial charge in [-0.15, -0.1) is 0 Å². The number of nitrogens with zero attached hydrogens (tertiary/aromatic N) is 1. The van der Waals surface area contributed by atoms with E-state index in [0.29, 0.717) is 17.1 Å². The molecule has 3 aromatic rings. The Morgan fingerprint density at radius 2 is 1.59 bits per heavy atom. The van der Waals surface area contributed by atoms with Crippen LogP contribution in [0.25, 0.3) is 0 Å². The summed E-state index contributed by atoms with van der Waals surface area (Å²) in [7, 11) is -2.53. The van der Waals surface area contributed by atoms with Gasteiger partial charge in [0.2, 0.25) is 5.91 Å². The monoisotopic (exact) mass is 414 g/mol. The molecular formula is C21H19FN2O4S. The summed E-state index contributed by atoms with van der Waals surface area (Å²) in [6.45, 7) is -0.449. The lowest BCUT2D eigenvalue weighted by Crippen LogP contribution is -2.38. The quantitative estimate of drug-likeness (QED) is 0.640. The number of sulfonamides is 1. The van der Waals surface area contributed by atoms with Crippen molar-refractivity contribution in [3.8, 4) is 5.75 Å². The second-order valence-corrected chi connectivity index (χ2v) is 7.94. The maximum absolute atomic E-state index is 13.2. The van der Waals surface area contributed by atoms with Crippen LogP contribution >= 0.6 is 0 Å². The van der Waals surface area contributed by atoms with Crippen LogP contribution in [0.4, 0.5) is 15.8 Å². The summed E-state index contributed by atoms with van der Waals surface area (Å²) in [6, 6.07) is 19.5. The number of carbonyl (C=O) groups excluding carboxylic acids is 1. The zero-order chi connectivity index (χ0) is 20.9. The standard InChI is InChI=1S/C21H19FN2O4S/c1-28-19-11-13-20(14-12-19)29(26,27)24(18-5-3-2-4-6-18)15-21(25)23-17-9-7-16(22)8-10-17/h2-14H,15H2,1H3,(H,23,25). The number of amides is 1. The molecule has 0 unspecified atom stereocenters. The fourth-order valence-electron chi connectivity index (χ4n) is 2.65. The molecule has 0 aliphatic heterocycles. The van der Waals surface area contributed by atoms with E-state index in [-0.39, 0.29) is 4.90 Å². The number of para-hydroxylation sites is 1. The van der Waals surface area contributed by atoms with E-state index in [1.54, 1.807) is 30.3 Å². The summed E-state index contributed by atoms with van der Waals surface area (Å²) in [4.78, 5) is 12.6. The average molecular weight is 414 g/mol. The molecule has 0 radical (unpaired) electrons. The molecule has 1 amide bonds. The summed E-state index contributed by atoms with van der Waals surface area (Å²) >= 11 is 0. The van der Waals surface area contributed by atoms with E-state index in [2.05, 4.69) is 5.32 Å². The van der Waals surface area contributed by atoms with Gasteiger partial charge in [-0.3, -0.25) is 9.10 Å². The molecule has 6 nitrogen and oxygen atoms in total. The molecule has 0 atom stereocenters. The maximum Gasteiger partial charge on any atom is 0.264 e. The summed E-state index contributed by atoms with van der Waals surface area (Å²) in [5.74, 6) is -0.474. The molecule has 1 N–H and O–H groups in total. The number of halogens is 1. The second-order valence-electron chi connectivity index (χ2n) is 6.08. The zero-order valence-corrected chi connectivity index (χ0v) is 16.4. The zero-order valence-electron chi connectivity index (χ0n) is 15.6. The molecule has 3 aromatic carbocycles. The van der Waals surface area contributed by atoms with Gasteiger partial charge >= 0.3 is 0 Å². The SMILES string of the molecule is COc1ccc(S(=O)(=O)N(CC(=O)Nc2ccc(F)cc2)c2ccccc2)cc1. The van der Waals surface area contributed by atoms with Crippen molar-refractivity contribution < 1.29 is 22.3 Å². The van der Waals surface area contributed by atoms with Crippen LogP contribution in [0, 0.1) is 5.82 Å². The van der Waals surface area contributed by atoms with Crippen molar-refractivity contribution in [1.82, 2.24) is 0 Å². The number of hydrogen-bond acceptors (Lipinski definition) is 4. The first kappa shape index (κ1) is 20.3. The summed E-state index contributed by atoms with van der Waals surface area (Å²) in [5.41, 5.74) is 0.712. The lowest BCUT2D eigenvalue weighted by molar-refractivity contribution is -0.114. The molecule has 3 rings (SSSR count). The fourth-order valence-corrected chi connectivity index (χ4v) is 4.07. The Balaban J connectivity index is 1.90. The van der Waals surface area contributed by atoms with Crippen molar-refractivity contribution in [2.45, 2.75) is 4.90 Å². The van der Waals surface area contributed by atoms with Crippen molar-refractivity contribution in [1.29, 1.82) is 0 Å². The fraction of sp³-hybridized carbons (Fsp3) is 0.0952. The third kappa shape index (κ3) is 4.91. The molecule has 0 heterocycles. The number of rotatable bonds is 7. The molecule has 0 bridgehead atoms. The Labute approximate surface area is 168 Å². The van der Waals surface area contributed by atoms with Gasteiger partial charge in [0.1, 0.15) is 18.1 Å². The van der Waals surface area contributed by atoms with Gasteiger partial charge in [0.25, 0.3) is 10.0 Å². The van der Waals surface area contributed by atoms with Crippen molar-refractivity contribution in [3.63, 3.8) is 0 Å². The number of methoxy groups -OCH3 is 1. The molecule has 8 heteroatoms. The minimum Gasteiger partial charge on any atom is -0.497 e. The third-order valence-electron chi connectivity index (χ3n) is 4.11. The van der Waals surface area contributed by atoms with E-state index < -0.39 is 28.3 Å². The largest absolute Gasteiger partial charge is 0.497 e. The molecule has 0 aliphatic carbocycles. The van der Waals surface area contributed by atoms with Gasteiger partial charge in [-0.25, -0.2) is 12.8 Å². The van der Waals surface area contributed by atoms with Crippen LogP contribution in [0.2, 0.25) is 0 Å². The van der Waals surface area contributed by atoms with Crippen molar-refractivity contribution >= 4 is 27.3 Å². The number of nitrogens with one attached hydrogen (secondary N) is 1. The van der Waals surface area contributed by atoms with Crippen LogP contribution in [0.15, 0.2) is 83.8 Å². The molecule has 0 spiro atoms. The van der Waals surface area contributed by atoms with Gasteiger partial charge in [0.15, 0.2) is 0 Å². The molecule has 29 heavy (non-hydrogen) atoms. The molecule has 0 saturated heterocycles. The van der Waals surface area contributed by atoms with Crippen LogP contribution in [-0.4, -0.2) is 28.0 Å². The van der Waals surface area contributed by atoms with Crippen LogP contribution < -0.4 is 14.4 Å². The summed E-state index contributed by atoms with van der Waals surface area (Å²) in [6.07, 6.45) is 0. The maximum atomic E-state index is 13.2. The topological polar surface area (TPSA) is 75.7 Å². The van der Waals surface area contributed by atoms with Gasteiger partial charge < -0.3 is 10.1 Å². The Morgan fingerprint density at radius 1 is 0.966 bits per heavy atom. The van der Waals surface area contributed by atoms with E-state index in [4.69, 9.17) is 4.74 Å². The highest BCUT2D eigenvalue weighted by molar-refractivity contribution is 7.92. The Kier molecular flexibility index (Phi) is 6.13.